The highest BCUT2D eigenvalue weighted by Gasteiger charge is 2.39. The lowest BCUT2D eigenvalue weighted by Crippen LogP contribution is -2.45. The lowest BCUT2D eigenvalue weighted by Gasteiger charge is -2.41. The molecule has 1 aromatic rings. The largest absolute Gasteiger partial charge is 0.497 e. The molecule has 0 aliphatic heterocycles. The normalized spacial score (nSPS) is 14.7. The number of hydrogen-bond donors (Lipinski definition) is 0. The Labute approximate surface area is 161 Å². The highest BCUT2D eigenvalue weighted by atomic mass is 28.4. The smallest absolute Gasteiger partial charge is 0.192 e. The Bertz CT molecular complexity index is 531. The van der Waals surface area contributed by atoms with Gasteiger partial charge in [-0.3, -0.25) is 0 Å². The third-order valence-electron chi connectivity index (χ3n) is 5.40. The summed E-state index contributed by atoms with van der Waals surface area (Å²) in [5.74, 6) is 1.32. The molecule has 0 bridgehead atoms. The van der Waals surface area contributed by atoms with E-state index in [9.17, 15) is 0 Å². The fraction of sp³-hybridized carbons (Fsp3) is 0.636. The van der Waals surface area contributed by atoms with E-state index in [4.69, 9.17) is 13.9 Å². The predicted octanol–water partition coefficient (Wildman–Crippen LogP) is 6.20. The van der Waals surface area contributed by atoms with Gasteiger partial charge in [-0.1, -0.05) is 45.9 Å². The van der Waals surface area contributed by atoms with Crippen LogP contribution in [0.15, 0.2) is 36.9 Å². The summed E-state index contributed by atoms with van der Waals surface area (Å²) < 4.78 is 17.8. The molecule has 0 amide bonds. The van der Waals surface area contributed by atoms with Crippen LogP contribution in [-0.2, 0) is 15.8 Å². The maximum Gasteiger partial charge on any atom is 0.192 e. The van der Waals surface area contributed by atoms with E-state index in [-0.39, 0.29) is 11.1 Å². The van der Waals surface area contributed by atoms with Gasteiger partial charge in [0, 0.05) is 6.61 Å². The third-order valence-corrected chi connectivity index (χ3v) is 9.90. The topological polar surface area (TPSA) is 27.7 Å². The van der Waals surface area contributed by atoms with Crippen LogP contribution in [0.1, 0.15) is 46.1 Å². The maximum absolute atomic E-state index is 6.69. The van der Waals surface area contributed by atoms with Crippen molar-refractivity contribution in [2.24, 2.45) is 5.92 Å². The number of ether oxygens (including phenoxy) is 2. The van der Waals surface area contributed by atoms with Crippen LogP contribution in [0.4, 0.5) is 0 Å². The molecule has 0 unspecified atom stereocenters. The van der Waals surface area contributed by atoms with Crippen LogP contribution in [0.25, 0.3) is 0 Å². The van der Waals surface area contributed by atoms with Crippen molar-refractivity contribution in [2.75, 3.05) is 13.7 Å². The SMILES string of the molecule is C=CC[C@@H](C)[C@H](CCOCc1ccc(OC)cc1)O[Si](C)(C)C(C)(C)C. The van der Waals surface area contributed by atoms with E-state index >= 15 is 0 Å². The summed E-state index contributed by atoms with van der Waals surface area (Å²) in [7, 11) is -0.119. The van der Waals surface area contributed by atoms with Gasteiger partial charge in [0.1, 0.15) is 5.75 Å². The zero-order chi connectivity index (χ0) is 19.8. The van der Waals surface area contributed by atoms with Crippen LogP contribution >= 0.6 is 0 Å². The van der Waals surface area contributed by atoms with E-state index < -0.39 is 8.32 Å². The molecular weight excluding hydrogens is 340 g/mol. The molecule has 0 aromatic heterocycles. The molecule has 4 heteroatoms. The van der Waals surface area contributed by atoms with Gasteiger partial charge < -0.3 is 13.9 Å². The molecule has 0 spiro atoms. The molecule has 0 radical (unpaired) electrons. The predicted molar refractivity (Wildman–Crippen MR) is 113 cm³/mol. The Morgan fingerprint density at radius 1 is 1.15 bits per heavy atom. The Hall–Kier alpha value is -1.10. The van der Waals surface area contributed by atoms with E-state index in [1.54, 1.807) is 7.11 Å². The molecule has 0 aliphatic rings. The Balaban J connectivity index is 2.58. The standard InChI is InChI=1S/C22H38O3Si/c1-9-10-18(2)21(25-26(7,8)22(3,4)5)15-16-24-17-19-11-13-20(23-6)14-12-19/h9,11-14,18,21H,1,10,15-17H2,2-8H3/t18-,21+/m1/s1. The second-order valence-electron chi connectivity index (χ2n) is 8.61. The van der Waals surface area contributed by atoms with Crippen molar-refractivity contribution in [1.29, 1.82) is 0 Å². The zero-order valence-electron chi connectivity index (χ0n) is 17.8. The van der Waals surface area contributed by atoms with Crippen LogP contribution in [0, 0.1) is 5.92 Å². The second kappa shape index (κ2) is 10.3. The lowest BCUT2D eigenvalue weighted by atomic mass is 9.99. The molecule has 2 atom stereocenters. The first kappa shape index (κ1) is 22.9. The number of allylic oxidation sites excluding steroid dienone is 1. The number of benzene rings is 1. The summed E-state index contributed by atoms with van der Waals surface area (Å²) in [5, 5.41) is 0.211. The Morgan fingerprint density at radius 3 is 2.27 bits per heavy atom. The highest BCUT2D eigenvalue weighted by molar-refractivity contribution is 6.74. The van der Waals surface area contributed by atoms with E-state index in [1.165, 1.54) is 0 Å². The quantitative estimate of drug-likeness (QED) is 0.260. The molecule has 0 saturated heterocycles. The number of hydrogen-bond acceptors (Lipinski definition) is 3. The van der Waals surface area contributed by atoms with Gasteiger partial charge in [-0.2, -0.15) is 0 Å². The van der Waals surface area contributed by atoms with Crippen LogP contribution in [-0.4, -0.2) is 28.1 Å². The molecule has 0 fully saturated rings. The van der Waals surface area contributed by atoms with Gasteiger partial charge in [-0.25, -0.2) is 0 Å². The van der Waals surface area contributed by atoms with Crippen molar-refractivity contribution in [3.8, 4) is 5.75 Å². The van der Waals surface area contributed by atoms with Crippen LogP contribution < -0.4 is 4.74 Å². The van der Waals surface area contributed by atoms with Crippen molar-refractivity contribution in [3.05, 3.63) is 42.5 Å². The van der Waals surface area contributed by atoms with Crippen LogP contribution in [0.3, 0.4) is 0 Å². The molecule has 1 aromatic carbocycles. The molecule has 0 aliphatic carbocycles. The first-order chi connectivity index (χ1) is 12.1. The number of methoxy groups -OCH3 is 1. The fourth-order valence-corrected chi connectivity index (χ4v) is 4.00. The van der Waals surface area contributed by atoms with Gasteiger partial charge >= 0.3 is 0 Å². The summed E-state index contributed by atoms with van der Waals surface area (Å²) in [4.78, 5) is 0. The van der Waals surface area contributed by atoms with E-state index in [1.807, 2.05) is 30.3 Å². The first-order valence-electron chi connectivity index (χ1n) is 9.60. The summed E-state index contributed by atoms with van der Waals surface area (Å²) >= 11 is 0. The summed E-state index contributed by atoms with van der Waals surface area (Å²) in [6, 6.07) is 8.02. The monoisotopic (exact) mass is 378 g/mol. The van der Waals surface area contributed by atoms with E-state index in [2.05, 4.69) is 47.4 Å². The highest BCUT2D eigenvalue weighted by Crippen LogP contribution is 2.38. The minimum absolute atomic E-state index is 0.211. The van der Waals surface area contributed by atoms with Crippen molar-refractivity contribution in [3.63, 3.8) is 0 Å². The van der Waals surface area contributed by atoms with Crippen LogP contribution in [0.2, 0.25) is 18.1 Å². The lowest BCUT2D eigenvalue weighted by molar-refractivity contribution is 0.0558. The van der Waals surface area contributed by atoms with Crippen molar-refractivity contribution in [2.45, 2.75) is 71.4 Å². The molecule has 26 heavy (non-hydrogen) atoms. The molecule has 1 rings (SSSR count). The molecule has 0 saturated carbocycles. The van der Waals surface area contributed by atoms with Crippen LogP contribution in [0.5, 0.6) is 5.75 Å². The second-order valence-corrected chi connectivity index (χ2v) is 13.4. The van der Waals surface area contributed by atoms with Gasteiger partial charge in [0.2, 0.25) is 0 Å². The Kier molecular flexibility index (Phi) is 9.08. The van der Waals surface area contributed by atoms with Crippen molar-refractivity contribution >= 4 is 8.32 Å². The minimum Gasteiger partial charge on any atom is -0.497 e. The molecule has 0 N–H and O–H groups in total. The van der Waals surface area contributed by atoms with Gasteiger partial charge in [0.25, 0.3) is 0 Å². The van der Waals surface area contributed by atoms with Gasteiger partial charge in [-0.15, -0.1) is 6.58 Å². The van der Waals surface area contributed by atoms with E-state index in [0.29, 0.717) is 19.1 Å². The van der Waals surface area contributed by atoms with Crippen molar-refractivity contribution in [1.82, 2.24) is 0 Å². The summed E-state index contributed by atoms with van der Waals surface area (Å²) in [5.41, 5.74) is 1.16. The van der Waals surface area contributed by atoms with Gasteiger partial charge in [0.15, 0.2) is 8.32 Å². The summed E-state index contributed by atoms with van der Waals surface area (Å²) in [6.45, 7) is 19.0. The van der Waals surface area contributed by atoms with Gasteiger partial charge in [0.05, 0.1) is 19.8 Å². The average Bonchev–Trinajstić information content (AvgIpc) is 2.57. The zero-order valence-corrected chi connectivity index (χ0v) is 18.8. The average molecular weight is 379 g/mol. The first-order valence-corrected chi connectivity index (χ1v) is 12.5. The maximum atomic E-state index is 6.69. The fourth-order valence-electron chi connectivity index (χ4n) is 2.54. The van der Waals surface area contributed by atoms with Crippen molar-refractivity contribution < 1.29 is 13.9 Å². The summed E-state index contributed by atoms with van der Waals surface area (Å²) in [6.07, 6.45) is 4.09. The Morgan fingerprint density at radius 2 is 1.77 bits per heavy atom. The molecule has 0 heterocycles. The third kappa shape index (κ3) is 7.26. The molecule has 3 nitrogen and oxygen atoms in total. The minimum atomic E-state index is -1.80. The van der Waals surface area contributed by atoms with Gasteiger partial charge in [-0.05, 0) is 54.6 Å². The van der Waals surface area contributed by atoms with E-state index in [0.717, 1.165) is 24.2 Å². The number of rotatable bonds is 11. The molecule has 148 valence electrons. The molecular formula is C22H38O3Si.